The Balaban J connectivity index is 1.82. The van der Waals surface area contributed by atoms with Gasteiger partial charge in [0.2, 0.25) is 0 Å². The molecular formula is C15H26N4OS. The Morgan fingerprint density at radius 3 is 2.62 bits per heavy atom. The van der Waals surface area contributed by atoms with Crippen molar-refractivity contribution in [3.05, 3.63) is 22.4 Å². The number of urea groups is 1. The normalized spacial score (nSPS) is 18.0. The van der Waals surface area contributed by atoms with Crippen molar-refractivity contribution in [1.29, 1.82) is 0 Å². The summed E-state index contributed by atoms with van der Waals surface area (Å²) in [4.78, 5) is 18.7. The van der Waals surface area contributed by atoms with Crippen LogP contribution in [0.2, 0.25) is 0 Å². The second-order valence-corrected chi connectivity index (χ2v) is 6.42. The zero-order chi connectivity index (χ0) is 15.2. The maximum Gasteiger partial charge on any atom is 0.317 e. The molecule has 5 nitrogen and oxygen atoms in total. The third-order valence-electron chi connectivity index (χ3n) is 4.10. The number of rotatable bonds is 5. The van der Waals surface area contributed by atoms with Gasteiger partial charge in [-0.15, -0.1) is 0 Å². The highest BCUT2D eigenvalue weighted by atomic mass is 32.1. The molecule has 2 rings (SSSR count). The van der Waals surface area contributed by atoms with Gasteiger partial charge in [0.05, 0.1) is 6.04 Å². The highest BCUT2D eigenvalue weighted by Crippen LogP contribution is 2.20. The predicted octanol–water partition coefficient (Wildman–Crippen LogP) is 1.70. The maximum absolute atomic E-state index is 12.3. The largest absolute Gasteiger partial charge is 0.336 e. The number of amides is 2. The summed E-state index contributed by atoms with van der Waals surface area (Å²) in [6.45, 7) is 7.48. The van der Waals surface area contributed by atoms with Crippen molar-refractivity contribution >= 4 is 17.4 Å². The molecule has 1 unspecified atom stereocenters. The van der Waals surface area contributed by atoms with Gasteiger partial charge >= 0.3 is 6.03 Å². The Bertz CT molecular complexity index is 427. The van der Waals surface area contributed by atoms with E-state index in [0.717, 1.165) is 32.7 Å². The summed E-state index contributed by atoms with van der Waals surface area (Å²) in [5.74, 6) is 0. The molecule has 1 fully saturated rings. The molecule has 0 aliphatic carbocycles. The summed E-state index contributed by atoms with van der Waals surface area (Å²) in [7, 11) is 4.10. The van der Waals surface area contributed by atoms with Crippen molar-refractivity contribution in [2.45, 2.75) is 13.0 Å². The molecule has 0 spiro atoms. The van der Waals surface area contributed by atoms with E-state index in [0.29, 0.717) is 6.54 Å². The lowest BCUT2D eigenvalue weighted by Gasteiger charge is -2.34. The molecule has 2 amide bonds. The van der Waals surface area contributed by atoms with Gasteiger partial charge in [0.25, 0.3) is 0 Å². The minimum absolute atomic E-state index is 0.0628. The highest BCUT2D eigenvalue weighted by molar-refractivity contribution is 7.07. The van der Waals surface area contributed by atoms with Crippen molar-refractivity contribution in [2.75, 3.05) is 53.4 Å². The summed E-state index contributed by atoms with van der Waals surface area (Å²) >= 11 is 1.70. The number of piperazine rings is 1. The standard InChI is InChI=1S/C15H26N4OS/c1-4-18-6-8-19(9-7-18)15(20)16-11-14(17(2)3)13-5-10-21-12-13/h5,10,12,14H,4,6-9,11H2,1-3H3,(H,16,20). The van der Waals surface area contributed by atoms with E-state index in [1.807, 2.05) is 4.90 Å². The molecule has 0 aromatic carbocycles. The van der Waals surface area contributed by atoms with E-state index in [1.165, 1.54) is 5.56 Å². The molecular weight excluding hydrogens is 284 g/mol. The van der Waals surface area contributed by atoms with Crippen LogP contribution in [0.4, 0.5) is 4.79 Å². The average Bonchev–Trinajstić information content (AvgIpc) is 3.01. The van der Waals surface area contributed by atoms with Crippen molar-refractivity contribution in [3.8, 4) is 0 Å². The average molecular weight is 310 g/mol. The van der Waals surface area contributed by atoms with Gasteiger partial charge in [-0.1, -0.05) is 6.92 Å². The fraction of sp³-hybridized carbons (Fsp3) is 0.667. The van der Waals surface area contributed by atoms with Crippen LogP contribution in [0.5, 0.6) is 0 Å². The second kappa shape index (κ2) is 7.77. The van der Waals surface area contributed by atoms with E-state index in [-0.39, 0.29) is 12.1 Å². The van der Waals surface area contributed by atoms with Gasteiger partial charge in [-0.3, -0.25) is 0 Å². The number of hydrogen-bond acceptors (Lipinski definition) is 4. The maximum atomic E-state index is 12.3. The molecule has 0 radical (unpaired) electrons. The first-order valence-corrected chi connectivity index (χ1v) is 8.49. The molecule has 2 heterocycles. The number of nitrogens with zero attached hydrogens (tertiary/aromatic N) is 3. The van der Waals surface area contributed by atoms with E-state index in [9.17, 15) is 4.79 Å². The molecule has 1 aliphatic heterocycles. The van der Waals surface area contributed by atoms with Gasteiger partial charge in [0.1, 0.15) is 0 Å². The first kappa shape index (κ1) is 16.3. The number of nitrogens with one attached hydrogen (secondary N) is 1. The fourth-order valence-corrected chi connectivity index (χ4v) is 3.33. The lowest BCUT2D eigenvalue weighted by atomic mass is 10.1. The van der Waals surface area contributed by atoms with Gasteiger partial charge in [0.15, 0.2) is 0 Å². The van der Waals surface area contributed by atoms with Crippen LogP contribution in [0.1, 0.15) is 18.5 Å². The van der Waals surface area contributed by atoms with Crippen LogP contribution in [0.3, 0.4) is 0 Å². The van der Waals surface area contributed by atoms with Gasteiger partial charge in [-0.25, -0.2) is 4.79 Å². The van der Waals surface area contributed by atoms with Gasteiger partial charge in [-0.2, -0.15) is 11.3 Å². The van der Waals surface area contributed by atoms with Gasteiger partial charge in [-0.05, 0) is 43.0 Å². The van der Waals surface area contributed by atoms with Crippen molar-refractivity contribution < 1.29 is 4.79 Å². The molecule has 1 aromatic rings. The van der Waals surface area contributed by atoms with Crippen molar-refractivity contribution in [1.82, 2.24) is 20.0 Å². The molecule has 1 aromatic heterocycles. The van der Waals surface area contributed by atoms with Crippen LogP contribution in [-0.2, 0) is 0 Å². The quantitative estimate of drug-likeness (QED) is 0.900. The summed E-state index contributed by atoms with van der Waals surface area (Å²) in [5, 5.41) is 7.32. The smallest absolute Gasteiger partial charge is 0.317 e. The zero-order valence-electron chi connectivity index (χ0n) is 13.2. The summed E-state index contributed by atoms with van der Waals surface area (Å²) < 4.78 is 0. The second-order valence-electron chi connectivity index (χ2n) is 5.64. The summed E-state index contributed by atoms with van der Waals surface area (Å²) in [6.07, 6.45) is 0. The van der Waals surface area contributed by atoms with E-state index >= 15 is 0 Å². The Hall–Kier alpha value is -1.11. The van der Waals surface area contributed by atoms with Crippen LogP contribution >= 0.6 is 11.3 Å². The predicted molar refractivity (Wildman–Crippen MR) is 87.8 cm³/mol. The van der Waals surface area contributed by atoms with Crippen molar-refractivity contribution in [3.63, 3.8) is 0 Å². The number of carbonyl (C=O) groups is 1. The van der Waals surface area contributed by atoms with Crippen LogP contribution in [0, 0.1) is 0 Å². The minimum atomic E-state index is 0.0628. The third-order valence-corrected chi connectivity index (χ3v) is 4.81. The van der Waals surface area contributed by atoms with Crippen molar-refractivity contribution in [2.24, 2.45) is 0 Å². The number of thiophene rings is 1. The SMILES string of the molecule is CCN1CCN(C(=O)NCC(c2ccsc2)N(C)C)CC1. The van der Waals surface area contributed by atoms with Crippen LogP contribution in [0.25, 0.3) is 0 Å². The Kier molecular flexibility index (Phi) is 6.02. The number of carbonyl (C=O) groups excluding carboxylic acids is 1. The van der Waals surface area contributed by atoms with Crippen LogP contribution in [0.15, 0.2) is 16.8 Å². The van der Waals surface area contributed by atoms with Crippen LogP contribution in [-0.4, -0.2) is 74.1 Å². The zero-order valence-corrected chi connectivity index (χ0v) is 14.0. The molecule has 1 saturated heterocycles. The monoisotopic (exact) mass is 310 g/mol. The van der Waals surface area contributed by atoms with E-state index in [1.54, 1.807) is 11.3 Å². The molecule has 6 heteroatoms. The highest BCUT2D eigenvalue weighted by Gasteiger charge is 2.21. The topological polar surface area (TPSA) is 38.8 Å². The summed E-state index contributed by atoms with van der Waals surface area (Å²) in [6, 6.07) is 2.42. The van der Waals surface area contributed by atoms with Gasteiger partial charge < -0.3 is 20.0 Å². The lowest BCUT2D eigenvalue weighted by molar-refractivity contribution is 0.141. The minimum Gasteiger partial charge on any atom is -0.336 e. The summed E-state index contributed by atoms with van der Waals surface area (Å²) in [5.41, 5.74) is 1.26. The molecule has 21 heavy (non-hydrogen) atoms. The Morgan fingerprint density at radius 1 is 1.38 bits per heavy atom. The molecule has 118 valence electrons. The van der Waals surface area contributed by atoms with Crippen LogP contribution < -0.4 is 5.32 Å². The Morgan fingerprint density at radius 2 is 2.10 bits per heavy atom. The first-order chi connectivity index (χ1) is 10.1. The first-order valence-electron chi connectivity index (χ1n) is 7.55. The van der Waals surface area contributed by atoms with E-state index in [2.05, 4.69) is 53.0 Å². The number of likely N-dealkylation sites (N-methyl/N-ethyl adjacent to an activating group) is 2. The lowest BCUT2D eigenvalue weighted by Crippen LogP contribution is -2.52. The molecule has 0 bridgehead atoms. The molecule has 1 aliphatic rings. The molecule has 1 atom stereocenters. The fourth-order valence-electron chi connectivity index (χ4n) is 2.63. The van der Waals surface area contributed by atoms with E-state index in [4.69, 9.17) is 0 Å². The number of hydrogen-bond donors (Lipinski definition) is 1. The van der Waals surface area contributed by atoms with E-state index < -0.39 is 0 Å². The van der Waals surface area contributed by atoms with Gasteiger partial charge in [0, 0.05) is 32.7 Å². The Labute approximate surface area is 131 Å². The molecule has 1 N–H and O–H groups in total. The third kappa shape index (κ3) is 4.43. The molecule has 0 saturated carbocycles.